The number of hydrazine groups is 1. The van der Waals surface area contributed by atoms with E-state index in [0.29, 0.717) is 34.2 Å². The molecule has 0 radical (unpaired) electrons. The summed E-state index contributed by atoms with van der Waals surface area (Å²) in [5.74, 6) is 1.25. The van der Waals surface area contributed by atoms with Crippen LogP contribution in [-0.2, 0) is 0 Å². The zero-order chi connectivity index (χ0) is 21.7. The van der Waals surface area contributed by atoms with Crippen LogP contribution in [0.25, 0.3) is 0 Å². The maximum absolute atomic E-state index is 11.6. The molecule has 2 heterocycles. The summed E-state index contributed by atoms with van der Waals surface area (Å²) in [4.78, 5) is 24.5. The SMILES string of the molecule is C[C@H](Nc1ncnc(N)c1Cl)/C(=N/c1cccc(Cl)c1C=O)N(C)N1CCNCC1. The highest BCUT2D eigenvalue weighted by molar-refractivity contribution is 6.35. The summed E-state index contributed by atoms with van der Waals surface area (Å²) >= 11 is 12.4. The van der Waals surface area contributed by atoms with E-state index < -0.39 is 0 Å². The second kappa shape index (κ2) is 10.0. The Hall–Kier alpha value is -2.46. The van der Waals surface area contributed by atoms with Gasteiger partial charge in [-0.1, -0.05) is 29.3 Å². The minimum absolute atomic E-state index is 0.188. The molecule has 0 bridgehead atoms. The molecule has 0 unspecified atom stereocenters. The Morgan fingerprint density at radius 3 is 2.80 bits per heavy atom. The molecule has 4 N–H and O–H groups in total. The zero-order valence-corrected chi connectivity index (χ0v) is 18.3. The van der Waals surface area contributed by atoms with Crippen LogP contribution in [0.1, 0.15) is 17.3 Å². The normalized spacial score (nSPS) is 16.2. The quantitative estimate of drug-likeness (QED) is 0.349. The van der Waals surface area contributed by atoms with Crippen LogP contribution in [0.4, 0.5) is 17.3 Å². The summed E-state index contributed by atoms with van der Waals surface area (Å²) in [5, 5.41) is 11.3. The Balaban J connectivity index is 1.99. The molecular weight excluding hydrogens is 427 g/mol. The Labute approximate surface area is 185 Å². The molecule has 0 spiro atoms. The Kier molecular flexibility index (Phi) is 7.43. The van der Waals surface area contributed by atoms with Gasteiger partial charge in [-0.2, -0.15) is 0 Å². The van der Waals surface area contributed by atoms with Crippen molar-refractivity contribution < 1.29 is 4.79 Å². The van der Waals surface area contributed by atoms with Crippen molar-refractivity contribution in [1.29, 1.82) is 0 Å². The molecule has 9 nitrogen and oxygen atoms in total. The average molecular weight is 451 g/mol. The summed E-state index contributed by atoms with van der Waals surface area (Å²) in [6, 6.07) is 4.85. The van der Waals surface area contributed by atoms with Crippen LogP contribution < -0.4 is 16.4 Å². The number of hydrogen-bond donors (Lipinski definition) is 3. The van der Waals surface area contributed by atoms with Crippen molar-refractivity contribution in [2.75, 3.05) is 44.3 Å². The lowest BCUT2D eigenvalue weighted by Crippen LogP contribution is -2.55. The number of anilines is 2. The number of amidine groups is 1. The fourth-order valence-corrected chi connectivity index (χ4v) is 3.53. The molecular formula is C19H24Cl2N8O. The number of aliphatic imine (C=N–C) groups is 1. The predicted molar refractivity (Wildman–Crippen MR) is 121 cm³/mol. The fourth-order valence-electron chi connectivity index (χ4n) is 3.16. The molecule has 0 amide bonds. The molecule has 0 aliphatic carbocycles. The van der Waals surface area contributed by atoms with Crippen LogP contribution in [-0.4, -0.2) is 71.4 Å². The zero-order valence-electron chi connectivity index (χ0n) is 16.8. The number of halogens is 2. The Bertz CT molecular complexity index is 933. The number of rotatable bonds is 6. The van der Waals surface area contributed by atoms with E-state index >= 15 is 0 Å². The van der Waals surface area contributed by atoms with Gasteiger partial charge in [0.05, 0.1) is 22.3 Å². The lowest BCUT2D eigenvalue weighted by atomic mass is 10.2. The van der Waals surface area contributed by atoms with Crippen molar-refractivity contribution >= 4 is 52.6 Å². The molecule has 3 rings (SSSR count). The number of nitrogen functional groups attached to an aromatic ring is 1. The number of nitrogens with one attached hydrogen (secondary N) is 2. The summed E-state index contributed by atoms with van der Waals surface area (Å²) in [7, 11) is 1.93. The molecule has 1 fully saturated rings. The molecule has 160 valence electrons. The minimum atomic E-state index is -0.324. The van der Waals surface area contributed by atoms with Gasteiger partial charge in [-0.05, 0) is 19.1 Å². The van der Waals surface area contributed by atoms with Crippen molar-refractivity contribution in [2.45, 2.75) is 13.0 Å². The number of nitrogens with two attached hydrogens (primary N) is 1. The van der Waals surface area contributed by atoms with E-state index in [1.807, 2.05) is 19.0 Å². The first-order valence-electron chi connectivity index (χ1n) is 9.46. The number of nitrogens with zero attached hydrogens (tertiary/aromatic N) is 5. The van der Waals surface area contributed by atoms with Gasteiger partial charge in [0.2, 0.25) is 0 Å². The number of benzene rings is 1. The third-order valence-electron chi connectivity index (χ3n) is 4.79. The third kappa shape index (κ3) is 4.99. The molecule has 0 saturated carbocycles. The monoisotopic (exact) mass is 450 g/mol. The molecule has 1 atom stereocenters. The van der Waals surface area contributed by atoms with Crippen LogP contribution in [0.3, 0.4) is 0 Å². The largest absolute Gasteiger partial charge is 0.382 e. The van der Waals surface area contributed by atoms with Crippen LogP contribution in [0.15, 0.2) is 29.5 Å². The number of piperazine rings is 1. The van der Waals surface area contributed by atoms with Crippen molar-refractivity contribution in [3.63, 3.8) is 0 Å². The number of likely N-dealkylation sites (N-methyl/N-ethyl adjacent to an activating group) is 1. The van der Waals surface area contributed by atoms with Crippen LogP contribution in [0.5, 0.6) is 0 Å². The van der Waals surface area contributed by atoms with E-state index in [1.165, 1.54) is 6.33 Å². The Morgan fingerprint density at radius 1 is 1.37 bits per heavy atom. The standard InChI is InChI=1S/C19H24Cl2N8O/c1-12(26-18-16(21)17(22)24-11-25-18)19(28(2)29-8-6-23-7-9-29)27-15-5-3-4-14(20)13(15)10-30/h3-5,10-12,23H,6-9H2,1-2H3,(H3,22,24,25,26)/b27-19-/t12-/m0/s1. The minimum Gasteiger partial charge on any atom is -0.382 e. The average Bonchev–Trinajstić information content (AvgIpc) is 2.75. The summed E-state index contributed by atoms with van der Waals surface area (Å²) in [6.45, 7) is 5.30. The van der Waals surface area contributed by atoms with Crippen LogP contribution in [0.2, 0.25) is 10.0 Å². The fraction of sp³-hybridized carbons (Fsp3) is 0.368. The van der Waals surface area contributed by atoms with E-state index in [4.69, 9.17) is 33.9 Å². The number of hydrogen-bond acceptors (Lipinski definition) is 8. The summed E-state index contributed by atoms with van der Waals surface area (Å²) < 4.78 is 0. The second-order valence-electron chi connectivity index (χ2n) is 6.78. The van der Waals surface area contributed by atoms with Gasteiger partial charge in [-0.25, -0.2) is 20.0 Å². The maximum atomic E-state index is 11.6. The molecule has 1 aromatic heterocycles. The topological polar surface area (TPSA) is 112 Å². The number of aldehydes is 1. The van der Waals surface area contributed by atoms with Gasteiger partial charge in [0.1, 0.15) is 23.0 Å². The van der Waals surface area contributed by atoms with Gasteiger partial charge in [0.15, 0.2) is 12.1 Å². The van der Waals surface area contributed by atoms with Crippen molar-refractivity contribution in [2.24, 2.45) is 4.99 Å². The number of carbonyl (C=O) groups is 1. The molecule has 30 heavy (non-hydrogen) atoms. The highest BCUT2D eigenvalue weighted by Gasteiger charge is 2.24. The van der Waals surface area contributed by atoms with Gasteiger partial charge in [-0.15, -0.1) is 0 Å². The Morgan fingerprint density at radius 2 is 2.10 bits per heavy atom. The first kappa shape index (κ1) is 22.2. The first-order chi connectivity index (χ1) is 14.4. The number of carbonyl (C=O) groups excluding carboxylic acids is 1. The van der Waals surface area contributed by atoms with Gasteiger partial charge >= 0.3 is 0 Å². The highest BCUT2D eigenvalue weighted by Crippen LogP contribution is 2.27. The van der Waals surface area contributed by atoms with Crippen LogP contribution in [0, 0.1) is 0 Å². The predicted octanol–water partition coefficient (Wildman–Crippen LogP) is 2.46. The van der Waals surface area contributed by atoms with Gasteiger partial charge < -0.3 is 16.4 Å². The molecule has 2 aromatic rings. The molecule has 1 aliphatic heterocycles. The molecule has 11 heteroatoms. The number of aromatic nitrogens is 2. The lowest BCUT2D eigenvalue weighted by molar-refractivity contribution is 0.0532. The summed E-state index contributed by atoms with van der Waals surface area (Å²) in [6.07, 6.45) is 2.05. The van der Waals surface area contributed by atoms with Crippen molar-refractivity contribution in [3.05, 3.63) is 40.1 Å². The smallest absolute Gasteiger partial charge is 0.153 e. The van der Waals surface area contributed by atoms with Gasteiger partial charge in [0.25, 0.3) is 0 Å². The third-order valence-corrected chi connectivity index (χ3v) is 5.49. The molecule has 1 aromatic carbocycles. The van der Waals surface area contributed by atoms with Crippen molar-refractivity contribution in [3.8, 4) is 0 Å². The van der Waals surface area contributed by atoms with E-state index in [9.17, 15) is 4.79 Å². The lowest BCUT2D eigenvalue weighted by Gasteiger charge is -2.38. The second-order valence-corrected chi connectivity index (χ2v) is 7.56. The van der Waals surface area contributed by atoms with Gasteiger partial charge in [0, 0.05) is 33.2 Å². The maximum Gasteiger partial charge on any atom is 0.153 e. The highest BCUT2D eigenvalue weighted by atomic mass is 35.5. The van der Waals surface area contributed by atoms with Crippen molar-refractivity contribution in [1.82, 2.24) is 25.3 Å². The van der Waals surface area contributed by atoms with E-state index in [2.05, 4.69) is 25.6 Å². The van der Waals surface area contributed by atoms with Crippen LogP contribution >= 0.6 is 23.2 Å². The van der Waals surface area contributed by atoms with E-state index in [-0.39, 0.29) is 16.9 Å². The van der Waals surface area contributed by atoms with Gasteiger partial charge in [-0.3, -0.25) is 9.80 Å². The first-order valence-corrected chi connectivity index (χ1v) is 10.2. The van der Waals surface area contributed by atoms with E-state index in [0.717, 1.165) is 26.2 Å². The molecule has 1 saturated heterocycles. The summed E-state index contributed by atoms with van der Waals surface area (Å²) in [5.41, 5.74) is 6.61. The molecule has 1 aliphatic rings. The van der Waals surface area contributed by atoms with E-state index in [1.54, 1.807) is 18.2 Å².